The number of carbonyl (C=O) groups excluding carboxylic acids is 3. The lowest BCUT2D eigenvalue weighted by molar-refractivity contribution is -0.116. The van der Waals surface area contributed by atoms with Crippen molar-refractivity contribution in [3.8, 4) is 22.8 Å². The molecule has 3 amide bonds. The molecule has 1 unspecified atom stereocenters. The maximum atomic E-state index is 13.8. The van der Waals surface area contributed by atoms with Gasteiger partial charge in [0.25, 0.3) is 11.8 Å². The number of nitrogens with zero attached hydrogens (tertiary/aromatic N) is 2. The molecule has 0 aliphatic rings. The van der Waals surface area contributed by atoms with Gasteiger partial charge in [0, 0.05) is 39.5 Å². The van der Waals surface area contributed by atoms with Gasteiger partial charge in [-0.3, -0.25) is 19.4 Å². The van der Waals surface area contributed by atoms with Crippen molar-refractivity contribution < 1.29 is 23.9 Å². The van der Waals surface area contributed by atoms with Gasteiger partial charge >= 0.3 is 0 Å². The van der Waals surface area contributed by atoms with Crippen molar-refractivity contribution in [1.82, 2.24) is 15.3 Å². The van der Waals surface area contributed by atoms with Crippen LogP contribution < -0.4 is 25.4 Å². The number of benzene rings is 4. The van der Waals surface area contributed by atoms with E-state index in [1.54, 1.807) is 81.2 Å². The second-order valence-electron chi connectivity index (χ2n) is 11.1. The highest BCUT2D eigenvalue weighted by atomic mass is 32.2. The number of thioether (sulfide) groups is 1. The largest absolute Gasteiger partial charge is 0.493 e. The molecule has 0 fully saturated rings. The van der Waals surface area contributed by atoms with Crippen LogP contribution in [-0.4, -0.2) is 41.9 Å². The first kappa shape index (κ1) is 35.6. The van der Waals surface area contributed by atoms with E-state index in [0.717, 1.165) is 16.0 Å². The van der Waals surface area contributed by atoms with Gasteiger partial charge in [0.15, 0.2) is 16.6 Å². The van der Waals surface area contributed by atoms with Crippen molar-refractivity contribution in [2.45, 2.75) is 10.1 Å². The van der Waals surface area contributed by atoms with Crippen LogP contribution in [0.5, 0.6) is 11.5 Å². The molecule has 0 aliphatic heterocycles. The second-order valence-corrected chi connectivity index (χ2v) is 13.2. The van der Waals surface area contributed by atoms with Crippen LogP contribution in [0.3, 0.4) is 0 Å². The Morgan fingerprint density at radius 3 is 2.23 bits per heavy atom. The zero-order valence-electron chi connectivity index (χ0n) is 28.1. The number of nitrogens with one attached hydrogen (secondary N) is 3. The van der Waals surface area contributed by atoms with Gasteiger partial charge in [-0.25, -0.2) is 4.98 Å². The van der Waals surface area contributed by atoms with E-state index < -0.39 is 17.1 Å². The van der Waals surface area contributed by atoms with Gasteiger partial charge in [-0.2, -0.15) is 0 Å². The van der Waals surface area contributed by atoms with Crippen LogP contribution in [0.4, 0.5) is 10.8 Å². The Balaban J connectivity index is 1.16. The standard InChI is InChI=1S/C40H33N5O5S2/c1-49-34-20-15-29(23-35(34)50-2)33-25-51-40(44-33)45-39(48)36(27-11-5-3-6-12-27)52-31-18-16-30(17-19-31)42-38(47)32(22-26-10-9-21-41-24-26)43-37(46)28-13-7-4-8-14-28/h3-25,36H,1-2H3,(H,42,47)(H,43,46)(H,44,45,48)/b32-22-. The lowest BCUT2D eigenvalue weighted by atomic mass is 10.1. The fraction of sp³-hybridized carbons (Fsp3) is 0.0750. The Bertz CT molecular complexity index is 2180. The zero-order chi connectivity index (χ0) is 36.3. The molecule has 10 nitrogen and oxygen atoms in total. The van der Waals surface area contributed by atoms with Gasteiger partial charge in [-0.15, -0.1) is 23.1 Å². The van der Waals surface area contributed by atoms with Crippen LogP contribution in [0.1, 0.15) is 26.7 Å². The summed E-state index contributed by atoms with van der Waals surface area (Å²) >= 11 is 2.70. The molecule has 0 bridgehead atoms. The summed E-state index contributed by atoms with van der Waals surface area (Å²) in [7, 11) is 3.16. The normalized spacial score (nSPS) is 11.6. The molecule has 0 saturated carbocycles. The van der Waals surface area contributed by atoms with Gasteiger partial charge in [0.1, 0.15) is 10.9 Å². The summed E-state index contributed by atoms with van der Waals surface area (Å²) in [5.74, 6) is 0.0361. The Hall–Kier alpha value is -6.24. The minimum Gasteiger partial charge on any atom is -0.493 e. The van der Waals surface area contributed by atoms with Gasteiger partial charge in [-0.05, 0) is 77.9 Å². The summed E-state index contributed by atoms with van der Waals surface area (Å²) in [5, 5.41) is 10.3. The van der Waals surface area contributed by atoms with Crippen LogP contribution >= 0.6 is 23.1 Å². The van der Waals surface area contributed by atoms with E-state index in [1.165, 1.54) is 23.1 Å². The average molecular weight is 728 g/mol. The molecule has 52 heavy (non-hydrogen) atoms. The summed E-state index contributed by atoms with van der Waals surface area (Å²) in [6.07, 6.45) is 4.79. The molecule has 260 valence electrons. The highest BCUT2D eigenvalue weighted by Gasteiger charge is 2.24. The molecule has 0 saturated heterocycles. The highest BCUT2D eigenvalue weighted by Crippen LogP contribution is 2.38. The van der Waals surface area contributed by atoms with Crippen molar-refractivity contribution in [3.63, 3.8) is 0 Å². The maximum absolute atomic E-state index is 13.8. The smallest absolute Gasteiger partial charge is 0.272 e. The SMILES string of the molecule is COc1ccc(-c2csc(NC(=O)C(Sc3ccc(NC(=O)/C(=C/c4cccnc4)NC(=O)c4ccccc4)cc3)c3ccccc3)n2)cc1OC. The summed E-state index contributed by atoms with van der Waals surface area (Å²) in [6, 6.07) is 34.4. The number of ether oxygens (including phenoxy) is 2. The predicted molar refractivity (Wildman–Crippen MR) is 206 cm³/mol. The number of hydrogen-bond donors (Lipinski definition) is 3. The van der Waals surface area contributed by atoms with Crippen LogP contribution in [0.25, 0.3) is 17.3 Å². The molecule has 4 aromatic carbocycles. The predicted octanol–water partition coefficient (Wildman–Crippen LogP) is 8.10. The first-order valence-electron chi connectivity index (χ1n) is 16.0. The fourth-order valence-corrected chi connectivity index (χ4v) is 6.80. The third kappa shape index (κ3) is 9.10. The number of aromatic nitrogens is 2. The van der Waals surface area contributed by atoms with Crippen LogP contribution in [-0.2, 0) is 9.59 Å². The summed E-state index contributed by atoms with van der Waals surface area (Å²) < 4.78 is 10.8. The van der Waals surface area contributed by atoms with Crippen LogP contribution in [0.15, 0.2) is 144 Å². The van der Waals surface area contributed by atoms with Crippen molar-refractivity contribution in [3.05, 3.63) is 155 Å². The Morgan fingerprint density at radius 2 is 1.54 bits per heavy atom. The Labute approximate surface area is 309 Å². The number of carbonyl (C=O) groups is 3. The van der Waals surface area contributed by atoms with E-state index in [-0.39, 0.29) is 11.6 Å². The fourth-order valence-electron chi connectivity index (χ4n) is 5.05. The monoisotopic (exact) mass is 727 g/mol. The molecule has 6 aromatic rings. The quantitative estimate of drug-likeness (QED) is 0.0804. The van der Waals surface area contributed by atoms with Crippen molar-refractivity contribution in [1.29, 1.82) is 0 Å². The van der Waals surface area contributed by atoms with Gasteiger partial charge < -0.3 is 25.4 Å². The van der Waals surface area contributed by atoms with Gasteiger partial charge in [0.05, 0.1) is 19.9 Å². The molecule has 0 radical (unpaired) electrons. The Kier molecular flexibility index (Phi) is 11.7. The van der Waals surface area contributed by atoms with E-state index in [4.69, 9.17) is 9.47 Å². The lowest BCUT2D eigenvalue weighted by Crippen LogP contribution is -2.30. The minimum absolute atomic E-state index is 0.0533. The minimum atomic E-state index is -0.600. The number of anilines is 2. The first-order valence-corrected chi connectivity index (χ1v) is 17.8. The molecular formula is C40H33N5O5S2. The third-order valence-electron chi connectivity index (χ3n) is 7.64. The van der Waals surface area contributed by atoms with Crippen molar-refractivity contribution in [2.24, 2.45) is 0 Å². The average Bonchev–Trinajstić information content (AvgIpc) is 3.66. The van der Waals surface area contributed by atoms with Crippen molar-refractivity contribution >= 4 is 57.7 Å². The molecule has 12 heteroatoms. The number of methoxy groups -OCH3 is 2. The second kappa shape index (κ2) is 17.1. The Morgan fingerprint density at radius 1 is 0.808 bits per heavy atom. The van der Waals surface area contributed by atoms with Crippen LogP contribution in [0, 0.1) is 0 Å². The van der Waals surface area contributed by atoms with E-state index in [0.29, 0.717) is 39.1 Å². The molecule has 6 rings (SSSR count). The molecule has 1 atom stereocenters. The topological polar surface area (TPSA) is 132 Å². The number of rotatable bonds is 13. The van der Waals surface area contributed by atoms with E-state index in [2.05, 4.69) is 25.9 Å². The van der Waals surface area contributed by atoms with Crippen molar-refractivity contribution in [2.75, 3.05) is 24.9 Å². The molecular weight excluding hydrogens is 695 g/mol. The first-order chi connectivity index (χ1) is 25.4. The van der Waals surface area contributed by atoms with Crippen LogP contribution in [0.2, 0.25) is 0 Å². The molecule has 0 spiro atoms. The summed E-state index contributed by atoms with van der Waals surface area (Å²) in [4.78, 5) is 49.7. The highest BCUT2D eigenvalue weighted by molar-refractivity contribution is 8.00. The third-order valence-corrected chi connectivity index (χ3v) is 9.67. The number of hydrogen-bond acceptors (Lipinski definition) is 9. The summed E-state index contributed by atoms with van der Waals surface area (Å²) in [6.45, 7) is 0. The number of amides is 3. The molecule has 0 aliphatic carbocycles. The molecule has 3 N–H and O–H groups in total. The summed E-state index contributed by atoms with van der Waals surface area (Å²) in [5.41, 5.74) is 3.96. The molecule has 2 heterocycles. The van der Waals surface area contributed by atoms with E-state index in [9.17, 15) is 14.4 Å². The number of pyridine rings is 1. The zero-order valence-corrected chi connectivity index (χ0v) is 29.7. The molecule has 2 aromatic heterocycles. The van der Waals surface area contributed by atoms with Gasteiger partial charge in [0.2, 0.25) is 5.91 Å². The number of thiazole rings is 1. The van der Waals surface area contributed by atoms with Gasteiger partial charge in [-0.1, -0.05) is 54.6 Å². The lowest BCUT2D eigenvalue weighted by Gasteiger charge is -2.17. The van der Waals surface area contributed by atoms with E-state index in [1.807, 2.05) is 72.1 Å². The van der Waals surface area contributed by atoms with E-state index >= 15 is 0 Å². The maximum Gasteiger partial charge on any atom is 0.272 e.